The van der Waals surface area contributed by atoms with Gasteiger partial charge in [-0.15, -0.1) is 0 Å². The Kier molecular flexibility index (Phi) is 4.48. The quantitative estimate of drug-likeness (QED) is 0.482. The zero-order valence-corrected chi connectivity index (χ0v) is 11.9. The molecule has 0 unspecified atom stereocenters. The van der Waals surface area contributed by atoms with Crippen molar-refractivity contribution in [2.24, 2.45) is 5.11 Å². The van der Waals surface area contributed by atoms with E-state index in [0.29, 0.717) is 18.7 Å². The fraction of sp³-hybridized carbons (Fsp3) is 0.500. The van der Waals surface area contributed by atoms with E-state index in [2.05, 4.69) is 10.0 Å². The second kappa shape index (κ2) is 6.30. The van der Waals surface area contributed by atoms with E-state index in [1.807, 2.05) is 48.2 Å². The van der Waals surface area contributed by atoms with E-state index in [0.717, 1.165) is 18.5 Å². The Morgan fingerprint density at radius 1 is 1.30 bits per heavy atom. The summed E-state index contributed by atoms with van der Waals surface area (Å²) < 4.78 is 0. The molecule has 1 amide bonds. The van der Waals surface area contributed by atoms with Crippen molar-refractivity contribution < 1.29 is 4.79 Å². The number of azide groups is 1. The van der Waals surface area contributed by atoms with Crippen LogP contribution in [0, 0.1) is 0 Å². The molecule has 0 saturated carbocycles. The Balaban J connectivity index is 2.00. The number of hydrogen-bond acceptors (Lipinski definition) is 3. The number of benzene rings is 1. The fourth-order valence-corrected chi connectivity index (χ4v) is 2.34. The number of amides is 1. The number of anilines is 1. The van der Waals surface area contributed by atoms with Gasteiger partial charge in [-0.05, 0) is 42.6 Å². The van der Waals surface area contributed by atoms with E-state index in [9.17, 15) is 4.79 Å². The number of rotatable bonds is 3. The summed E-state index contributed by atoms with van der Waals surface area (Å²) in [5.41, 5.74) is 10.2. The molecule has 1 aromatic carbocycles. The van der Waals surface area contributed by atoms with Gasteiger partial charge in [0.2, 0.25) is 0 Å². The number of piperidine rings is 1. The smallest absolute Gasteiger partial charge is 0.253 e. The summed E-state index contributed by atoms with van der Waals surface area (Å²) in [6, 6.07) is 7.63. The molecule has 1 heterocycles. The molecule has 6 heteroatoms. The second-order valence-electron chi connectivity index (χ2n) is 5.17. The third-order valence-corrected chi connectivity index (χ3v) is 3.60. The van der Waals surface area contributed by atoms with Crippen LogP contribution in [0.1, 0.15) is 23.2 Å². The summed E-state index contributed by atoms with van der Waals surface area (Å²) in [4.78, 5) is 19.0. The Morgan fingerprint density at radius 3 is 2.40 bits per heavy atom. The molecule has 20 heavy (non-hydrogen) atoms. The molecule has 0 aliphatic carbocycles. The molecule has 0 atom stereocenters. The van der Waals surface area contributed by atoms with Crippen molar-refractivity contribution in [1.82, 2.24) is 4.90 Å². The van der Waals surface area contributed by atoms with Crippen molar-refractivity contribution in [2.45, 2.75) is 18.9 Å². The highest BCUT2D eigenvalue weighted by atomic mass is 16.2. The molecule has 0 bridgehead atoms. The summed E-state index contributed by atoms with van der Waals surface area (Å²) in [6.45, 7) is 1.30. The standard InChI is InChI=1S/C14H19N5O/c1-18(2)13-5-3-11(4-6-13)14(20)19-9-7-12(8-10-19)16-17-15/h3-6,12H,7-10H2,1-2H3. The van der Waals surface area contributed by atoms with E-state index in [1.54, 1.807) is 0 Å². The summed E-state index contributed by atoms with van der Waals surface area (Å²) in [6.07, 6.45) is 1.48. The van der Waals surface area contributed by atoms with Crippen LogP contribution < -0.4 is 4.90 Å². The van der Waals surface area contributed by atoms with Gasteiger partial charge >= 0.3 is 0 Å². The average Bonchev–Trinajstić information content (AvgIpc) is 2.48. The maximum Gasteiger partial charge on any atom is 0.253 e. The Labute approximate surface area is 118 Å². The SMILES string of the molecule is CN(C)c1ccc(C(=O)N2CCC(N=[N+]=[N-])CC2)cc1. The van der Waals surface area contributed by atoms with Crippen LogP contribution in [0.25, 0.3) is 10.4 Å². The Hall–Kier alpha value is -2.20. The molecule has 1 fully saturated rings. The average molecular weight is 273 g/mol. The van der Waals surface area contributed by atoms with Gasteiger partial charge in [0.25, 0.3) is 5.91 Å². The van der Waals surface area contributed by atoms with Crippen LogP contribution in [0.15, 0.2) is 29.4 Å². The van der Waals surface area contributed by atoms with E-state index >= 15 is 0 Å². The predicted molar refractivity (Wildman–Crippen MR) is 78.8 cm³/mol. The van der Waals surface area contributed by atoms with Gasteiger partial charge in [-0.25, -0.2) is 0 Å². The zero-order valence-electron chi connectivity index (χ0n) is 11.9. The molecule has 0 spiro atoms. The number of hydrogen-bond donors (Lipinski definition) is 0. The Bertz CT molecular complexity index is 511. The van der Waals surface area contributed by atoms with Gasteiger partial charge in [0, 0.05) is 49.4 Å². The Morgan fingerprint density at radius 2 is 1.90 bits per heavy atom. The van der Waals surface area contributed by atoms with Crippen molar-refractivity contribution in [3.05, 3.63) is 40.3 Å². The summed E-state index contributed by atoms with van der Waals surface area (Å²) >= 11 is 0. The van der Waals surface area contributed by atoms with Crippen molar-refractivity contribution >= 4 is 11.6 Å². The predicted octanol–water partition coefficient (Wildman–Crippen LogP) is 2.67. The molecule has 0 radical (unpaired) electrons. The summed E-state index contributed by atoms with van der Waals surface area (Å²) in [7, 11) is 3.94. The molecule has 1 saturated heterocycles. The second-order valence-corrected chi connectivity index (χ2v) is 5.17. The fourth-order valence-electron chi connectivity index (χ4n) is 2.34. The molecule has 2 rings (SSSR count). The van der Waals surface area contributed by atoms with E-state index < -0.39 is 0 Å². The van der Waals surface area contributed by atoms with Crippen molar-refractivity contribution in [3.63, 3.8) is 0 Å². The van der Waals surface area contributed by atoms with Crippen LogP contribution in [0.3, 0.4) is 0 Å². The molecular formula is C14H19N5O. The highest BCUT2D eigenvalue weighted by Crippen LogP contribution is 2.18. The molecule has 0 aromatic heterocycles. The minimum atomic E-state index is 0.0279. The summed E-state index contributed by atoms with van der Waals surface area (Å²) in [5.74, 6) is 0.0506. The molecule has 1 aliphatic rings. The first kappa shape index (κ1) is 14.2. The van der Waals surface area contributed by atoms with Gasteiger partial charge in [-0.3, -0.25) is 4.79 Å². The lowest BCUT2D eigenvalue weighted by Gasteiger charge is -2.30. The van der Waals surface area contributed by atoms with Crippen molar-refractivity contribution in [2.75, 3.05) is 32.1 Å². The first-order valence-corrected chi connectivity index (χ1v) is 6.72. The van der Waals surface area contributed by atoms with Gasteiger partial charge in [0.1, 0.15) is 0 Å². The largest absolute Gasteiger partial charge is 0.378 e. The minimum Gasteiger partial charge on any atom is -0.378 e. The molecular weight excluding hydrogens is 254 g/mol. The van der Waals surface area contributed by atoms with Crippen LogP contribution in [0.4, 0.5) is 5.69 Å². The van der Waals surface area contributed by atoms with Gasteiger partial charge in [-0.2, -0.15) is 0 Å². The van der Waals surface area contributed by atoms with Crippen molar-refractivity contribution in [3.8, 4) is 0 Å². The molecule has 1 aliphatic heterocycles. The van der Waals surface area contributed by atoms with Crippen LogP contribution in [-0.2, 0) is 0 Å². The lowest BCUT2D eigenvalue weighted by atomic mass is 10.0. The highest BCUT2D eigenvalue weighted by Gasteiger charge is 2.22. The topological polar surface area (TPSA) is 72.3 Å². The highest BCUT2D eigenvalue weighted by molar-refractivity contribution is 5.94. The maximum atomic E-state index is 12.4. The molecule has 6 nitrogen and oxygen atoms in total. The lowest BCUT2D eigenvalue weighted by Crippen LogP contribution is -2.39. The van der Waals surface area contributed by atoms with Gasteiger partial charge in [-0.1, -0.05) is 5.11 Å². The first-order valence-electron chi connectivity index (χ1n) is 6.72. The normalized spacial score (nSPS) is 15.6. The first-order chi connectivity index (χ1) is 9.61. The zero-order chi connectivity index (χ0) is 14.5. The van der Waals surface area contributed by atoms with E-state index in [4.69, 9.17) is 5.53 Å². The molecule has 106 valence electrons. The van der Waals surface area contributed by atoms with Crippen LogP contribution in [0.5, 0.6) is 0 Å². The number of carbonyl (C=O) groups excluding carboxylic acids is 1. The van der Waals surface area contributed by atoms with E-state index in [1.165, 1.54) is 0 Å². The van der Waals surface area contributed by atoms with Gasteiger partial charge in [0.05, 0.1) is 0 Å². The molecule has 0 N–H and O–H groups in total. The lowest BCUT2D eigenvalue weighted by molar-refractivity contribution is 0.0715. The minimum absolute atomic E-state index is 0.0279. The van der Waals surface area contributed by atoms with E-state index in [-0.39, 0.29) is 11.9 Å². The van der Waals surface area contributed by atoms with Crippen molar-refractivity contribution in [1.29, 1.82) is 0 Å². The number of nitrogens with zero attached hydrogens (tertiary/aromatic N) is 5. The number of likely N-dealkylation sites (tertiary alicyclic amines) is 1. The summed E-state index contributed by atoms with van der Waals surface area (Å²) in [5, 5.41) is 3.72. The van der Waals surface area contributed by atoms with Crippen LogP contribution in [0.2, 0.25) is 0 Å². The maximum absolute atomic E-state index is 12.4. The number of carbonyl (C=O) groups is 1. The van der Waals surface area contributed by atoms with Crippen LogP contribution in [-0.4, -0.2) is 44.0 Å². The third kappa shape index (κ3) is 3.22. The monoisotopic (exact) mass is 273 g/mol. The van der Waals surface area contributed by atoms with Gasteiger partial charge < -0.3 is 9.80 Å². The third-order valence-electron chi connectivity index (χ3n) is 3.60. The molecule has 1 aromatic rings. The van der Waals surface area contributed by atoms with Crippen LogP contribution >= 0.6 is 0 Å². The van der Waals surface area contributed by atoms with Gasteiger partial charge in [0.15, 0.2) is 0 Å².